The molecule has 1 aromatic carbocycles. The number of amides is 2. The number of piperazine rings is 1. The van der Waals surface area contributed by atoms with Crippen molar-refractivity contribution in [3.8, 4) is 0 Å². The molecule has 5 nitrogen and oxygen atoms in total. The van der Waals surface area contributed by atoms with Crippen molar-refractivity contribution in [2.75, 3.05) is 26.2 Å². The summed E-state index contributed by atoms with van der Waals surface area (Å²) in [7, 11) is 0. The predicted molar refractivity (Wildman–Crippen MR) is 135 cm³/mol. The second kappa shape index (κ2) is 12.0. The Kier molecular flexibility index (Phi) is 9.37. The van der Waals surface area contributed by atoms with Crippen LogP contribution in [0.15, 0.2) is 30.3 Å². The molecule has 0 bridgehead atoms. The van der Waals surface area contributed by atoms with Crippen LogP contribution in [0.3, 0.4) is 0 Å². The molecule has 0 radical (unpaired) electrons. The largest absolute Gasteiger partial charge is 0.342 e. The Labute approximate surface area is 201 Å². The first kappa shape index (κ1) is 25.7. The number of hydrogen-bond donors (Lipinski definition) is 1. The number of hydrogen-bond acceptors (Lipinski definition) is 3. The third-order valence-electron chi connectivity index (χ3n) is 7.41. The van der Waals surface area contributed by atoms with Gasteiger partial charge in [-0.25, -0.2) is 0 Å². The summed E-state index contributed by atoms with van der Waals surface area (Å²) in [5.74, 6) is 1.11. The molecule has 33 heavy (non-hydrogen) atoms. The van der Waals surface area contributed by atoms with E-state index in [9.17, 15) is 9.59 Å². The minimum Gasteiger partial charge on any atom is -0.342 e. The van der Waals surface area contributed by atoms with Gasteiger partial charge in [0.05, 0.1) is 0 Å². The molecule has 0 aliphatic carbocycles. The quantitative estimate of drug-likeness (QED) is 0.494. The van der Waals surface area contributed by atoms with Crippen molar-refractivity contribution in [1.29, 1.82) is 0 Å². The minimum absolute atomic E-state index is 0.0824. The van der Waals surface area contributed by atoms with E-state index in [1.54, 1.807) is 0 Å². The Morgan fingerprint density at radius 1 is 0.939 bits per heavy atom. The lowest BCUT2D eigenvalue weighted by atomic mass is 9.80. The standard InChI is InChI=1S/C28H45N3O2/c1-22(2)14-18-31-26(32)25(21-23(3)4)29-27(33)28(31)15-19-30(20-16-28)17-10-6-9-13-24-11-7-5-8-12-24/h5,7-8,11-12,22-23,25H,6,9-10,13-21H2,1-4H3,(H,29,33)/t25-/m0/s1. The van der Waals surface area contributed by atoms with Gasteiger partial charge in [-0.3, -0.25) is 9.59 Å². The maximum atomic E-state index is 13.4. The molecule has 0 aromatic heterocycles. The number of carbonyl (C=O) groups is 2. The molecule has 1 atom stereocenters. The average molecular weight is 456 g/mol. The number of benzene rings is 1. The number of rotatable bonds is 11. The zero-order valence-corrected chi connectivity index (χ0v) is 21.3. The summed E-state index contributed by atoms with van der Waals surface area (Å²) in [6.07, 6.45) is 7.95. The molecule has 1 spiro atoms. The Bertz CT molecular complexity index is 754. The molecule has 2 amide bonds. The molecule has 2 saturated heterocycles. The van der Waals surface area contributed by atoms with Gasteiger partial charge in [0.2, 0.25) is 11.8 Å². The van der Waals surface area contributed by atoms with Gasteiger partial charge in [0, 0.05) is 19.6 Å². The van der Waals surface area contributed by atoms with Gasteiger partial charge in [-0.1, -0.05) is 64.4 Å². The van der Waals surface area contributed by atoms with Gasteiger partial charge in [-0.05, 0) is 68.9 Å². The summed E-state index contributed by atoms with van der Waals surface area (Å²) in [6, 6.07) is 10.3. The smallest absolute Gasteiger partial charge is 0.246 e. The summed E-state index contributed by atoms with van der Waals surface area (Å²) in [4.78, 5) is 31.3. The van der Waals surface area contributed by atoms with Crippen molar-refractivity contribution in [2.24, 2.45) is 11.8 Å². The molecule has 5 heteroatoms. The van der Waals surface area contributed by atoms with Crippen molar-refractivity contribution in [1.82, 2.24) is 15.1 Å². The molecule has 1 aromatic rings. The molecule has 2 aliphatic rings. The van der Waals surface area contributed by atoms with E-state index >= 15 is 0 Å². The lowest BCUT2D eigenvalue weighted by Crippen LogP contribution is -2.73. The highest BCUT2D eigenvalue weighted by Crippen LogP contribution is 2.34. The van der Waals surface area contributed by atoms with Crippen LogP contribution < -0.4 is 5.32 Å². The maximum Gasteiger partial charge on any atom is 0.246 e. The van der Waals surface area contributed by atoms with Crippen molar-refractivity contribution in [2.45, 2.75) is 90.6 Å². The summed E-state index contributed by atoms with van der Waals surface area (Å²) >= 11 is 0. The molecule has 2 aliphatic heterocycles. The van der Waals surface area contributed by atoms with Gasteiger partial charge in [0.1, 0.15) is 11.6 Å². The van der Waals surface area contributed by atoms with Crippen LogP contribution in [0.25, 0.3) is 0 Å². The van der Waals surface area contributed by atoms with Crippen molar-refractivity contribution in [3.63, 3.8) is 0 Å². The average Bonchev–Trinajstić information content (AvgIpc) is 2.78. The first-order valence-corrected chi connectivity index (χ1v) is 13.2. The normalized spacial score (nSPS) is 21.3. The van der Waals surface area contributed by atoms with E-state index in [1.807, 2.05) is 4.90 Å². The van der Waals surface area contributed by atoms with E-state index in [1.165, 1.54) is 24.8 Å². The SMILES string of the molecule is CC(C)CCN1C(=O)[C@H](CC(C)C)NC(=O)C12CCN(CCCCCc1ccccc1)CC2. The summed E-state index contributed by atoms with van der Waals surface area (Å²) in [6.45, 7) is 12.2. The van der Waals surface area contributed by atoms with Gasteiger partial charge in [-0.2, -0.15) is 0 Å². The van der Waals surface area contributed by atoms with Crippen LogP contribution in [0.5, 0.6) is 0 Å². The number of aryl methyl sites for hydroxylation is 1. The number of piperidine rings is 1. The molecule has 0 saturated carbocycles. The Morgan fingerprint density at radius 2 is 1.64 bits per heavy atom. The second-order valence-corrected chi connectivity index (χ2v) is 11.0. The first-order chi connectivity index (χ1) is 15.8. The lowest BCUT2D eigenvalue weighted by Gasteiger charge is -2.52. The summed E-state index contributed by atoms with van der Waals surface area (Å²) in [5.41, 5.74) is 0.770. The van der Waals surface area contributed by atoms with Gasteiger partial charge in [-0.15, -0.1) is 0 Å². The van der Waals surface area contributed by atoms with E-state index in [4.69, 9.17) is 0 Å². The topological polar surface area (TPSA) is 52.7 Å². The van der Waals surface area contributed by atoms with Crippen LogP contribution in [0, 0.1) is 11.8 Å². The molecule has 2 heterocycles. The Hall–Kier alpha value is -1.88. The number of unbranched alkanes of at least 4 members (excludes halogenated alkanes) is 2. The highest BCUT2D eigenvalue weighted by Gasteiger charge is 2.53. The van der Waals surface area contributed by atoms with Gasteiger partial charge in [0.15, 0.2) is 0 Å². The van der Waals surface area contributed by atoms with Gasteiger partial charge >= 0.3 is 0 Å². The number of nitrogens with one attached hydrogen (secondary N) is 1. The molecule has 1 N–H and O–H groups in total. The van der Waals surface area contributed by atoms with Crippen LogP contribution in [0.1, 0.15) is 78.2 Å². The van der Waals surface area contributed by atoms with Crippen LogP contribution in [0.4, 0.5) is 0 Å². The van der Waals surface area contributed by atoms with Crippen molar-refractivity contribution < 1.29 is 9.59 Å². The fourth-order valence-electron chi connectivity index (χ4n) is 5.35. The minimum atomic E-state index is -0.650. The highest BCUT2D eigenvalue weighted by molar-refractivity contribution is 6.00. The monoisotopic (exact) mass is 455 g/mol. The number of nitrogens with zero attached hydrogens (tertiary/aromatic N) is 2. The molecule has 0 unspecified atom stereocenters. The third-order valence-corrected chi connectivity index (χ3v) is 7.41. The number of carbonyl (C=O) groups excluding carboxylic acids is 2. The van der Waals surface area contributed by atoms with E-state index in [0.29, 0.717) is 24.8 Å². The van der Waals surface area contributed by atoms with Crippen molar-refractivity contribution >= 4 is 11.8 Å². The van der Waals surface area contributed by atoms with E-state index < -0.39 is 5.54 Å². The molecule has 3 rings (SSSR count). The predicted octanol–water partition coefficient (Wildman–Crippen LogP) is 4.65. The maximum absolute atomic E-state index is 13.4. The van der Waals surface area contributed by atoms with Crippen LogP contribution >= 0.6 is 0 Å². The third kappa shape index (κ3) is 6.81. The number of likely N-dealkylation sites (tertiary alicyclic amines) is 1. The zero-order chi connectivity index (χ0) is 23.8. The Balaban J connectivity index is 1.52. The molecule has 184 valence electrons. The van der Waals surface area contributed by atoms with E-state index in [0.717, 1.165) is 45.3 Å². The zero-order valence-electron chi connectivity index (χ0n) is 21.3. The van der Waals surface area contributed by atoms with Crippen LogP contribution in [0.2, 0.25) is 0 Å². The summed E-state index contributed by atoms with van der Waals surface area (Å²) in [5, 5.41) is 3.12. The van der Waals surface area contributed by atoms with Crippen molar-refractivity contribution in [3.05, 3.63) is 35.9 Å². The van der Waals surface area contributed by atoms with Crippen LogP contribution in [-0.2, 0) is 16.0 Å². The fraction of sp³-hybridized carbons (Fsp3) is 0.714. The van der Waals surface area contributed by atoms with Gasteiger partial charge in [0.25, 0.3) is 0 Å². The Morgan fingerprint density at radius 3 is 2.27 bits per heavy atom. The first-order valence-electron chi connectivity index (χ1n) is 13.2. The van der Waals surface area contributed by atoms with Gasteiger partial charge < -0.3 is 15.1 Å². The molecular weight excluding hydrogens is 410 g/mol. The molecule has 2 fully saturated rings. The summed E-state index contributed by atoms with van der Waals surface area (Å²) < 4.78 is 0. The fourth-order valence-corrected chi connectivity index (χ4v) is 5.35. The lowest BCUT2D eigenvalue weighted by molar-refractivity contribution is -0.162. The highest BCUT2D eigenvalue weighted by atomic mass is 16.2. The molecular formula is C28H45N3O2. The van der Waals surface area contributed by atoms with Crippen LogP contribution in [-0.4, -0.2) is 59.4 Å². The van der Waals surface area contributed by atoms with E-state index in [2.05, 4.69) is 68.2 Å². The van der Waals surface area contributed by atoms with E-state index in [-0.39, 0.29) is 17.9 Å². The second-order valence-electron chi connectivity index (χ2n) is 11.0.